The summed E-state index contributed by atoms with van der Waals surface area (Å²) in [5, 5.41) is 13.1. The van der Waals surface area contributed by atoms with Crippen LogP contribution in [0.5, 0.6) is 11.5 Å². The van der Waals surface area contributed by atoms with Crippen LogP contribution in [0.25, 0.3) is 6.08 Å². The molecule has 0 unspecified atom stereocenters. The Hall–Kier alpha value is -2.73. The van der Waals surface area contributed by atoms with E-state index in [-0.39, 0.29) is 11.7 Å². The minimum Gasteiger partial charge on any atom is -0.504 e. The number of hydrogen-bond acceptors (Lipinski definition) is 5. The van der Waals surface area contributed by atoms with Crippen molar-refractivity contribution in [1.29, 1.82) is 0 Å². The van der Waals surface area contributed by atoms with Gasteiger partial charge in [-0.15, -0.1) is 0 Å². The number of amides is 1. The summed E-state index contributed by atoms with van der Waals surface area (Å²) in [5.41, 5.74) is 3.84. The highest BCUT2D eigenvalue weighted by atomic mass is 32.2. The zero-order chi connectivity index (χ0) is 18.7. The molecule has 1 saturated heterocycles. The van der Waals surface area contributed by atoms with Gasteiger partial charge in [0.05, 0.1) is 17.2 Å². The summed E-state index contributed by atoms with van der Waals surface area (Å²) in [4.78, 5) is 17.3. The molecular formula is C20H20N2O3S. The van der Waals surface area contributed by atoms with Gasteiger partial charge in [0.15, 0.2) is 16.7 Å². The predicted molar refractivity (Wildman–Crippen MR) is 106 cm³/mol. The quantitative estimate of drug-likeness (QED) is 0.790. The van der Waals surface area contributed by atoms with Gasteiger partial charge in [-0.3, -0.25) is 4.79 Å². The van der Waals surface area contributed by atoms with E-state index in [0.29, 0.717) is 22.4 Å². The number of benzene rings is 2. The molecule has 0 aromatic heterocycles. The number of aryl methyl sites for hydroxylation is 2. The van der Waals surface area contributed by atoms with E-state index in [1.54, 1.807) is 24.3 Å². The molecule has 0 saturated carbocycles. The molecule has 2 aromatic carbocycles. The van der Waals surface area contributed by atoms with E-state index < -0.39 is 0 Å². The van der Waals surface area contributed by atoms with Gasteiger partial charge in [0, 0.05) is 0 Å². The Bertz CT molecular complexity index is 919. The largest absolute Gasteiger partial charge is 0.504 e. The van der Waals surface area contributed by atoms with Gasteiger partial charge in [-0.1, -0.05) is 23.8 Å². The molecular weight excluding hydrogens is 348 g/mol. The summed E-state index contributed by atoms with van der Waals surface area (Å²) in [6.45, 7) is 6.33. The number of carbonyl (C=O) groups is 1. The summed E-state index contributed by atoms with van der Waals surface area (Å²) < 4.78 is 5.38. The number of phenols is 1. The summed E-state index contributed by atoms with van der Waals surface area (Å²) >= 11 is 1.29. The van der Waals surface area contributed by atoms with Crippen molar-refractivity contribution in [3.63, 3.8) is 0 Å². The van der Waals surface area contributed by atoms with Crippen LogP contribution in [0.4, 0.5) is 5.69 Å². The molecule has 0 radical (unpaired) electrons. The van der Waals surface area contributed by atoms with Crippen LogP contribution in [0.1, 0.15) is 23.6 Å². The highest BCUT2D eigenvalue weighted by Crippen LogP contribution is 2.32. The molecule has 0 bridgehead atoms. The third-order valence-corrected chi connectivity index (χ3v) is 4.72. The molecule has 1 amide bonds. The van der Waals surface area contributed by atoms with Gasteiger partial charge < -0.3 is 15.2 Å². The van der Waals surface area contributed by atoms with E-state index in [9.17, 15) is 9.90 Å². The fourth-order valence-corrected chi connectivity index (χ4v) is 3.40. The number of nitrogens with one attached hydrogen (secondary N) is 1. The Kier molecular flexibility index (Phi) is 5.32. The van der Waals surface area contributed by atoms with Gasteiger partial charge in [0.1, 0.15) is 0 Å². The average Bonchev–Trinajstić information content (AvgIpc) is 2.93. The van der Waals surface area contributed by atoms with Crippen LogP contribution in [-0.4, -0.2) is 22.8 Å². The molecule has 2 N–H and O–H groups in total. The molecule has 2 aromatic rings. The number of amidine groups is 1. The van der Waals surface area contributed by atoms with E-state index >= 15 is 0 Å². The average molecular weight is 368 g/mol. The zero-order valence-electron chi connectivity index (χ0n) is 14.9. The lowest BCUT2D eigenvalue weighted by Crippen LogP contribution is -2.19. The molecule has 1 aliphatic heterocycles. The van der Waals surface area contributed by atoms with Crippen LogP contribution >= 0.6 is 11.8 Å². The number of aromatic hydroxyl groups is 1. The maximum absolute atomic E-state index is 12.2. The topological polar surface area (TPSA) is 70.9 Å². The second-order valence-electron chi connectivity index (χ2n) is 5.93. The van der Waals surface area contributed by atoms with Crippen LogP contribution in [-0.2, 0) is 4.79 Å². The van der Waals surface area contributed by atoms with Gasteiger partial charge in [-0.05, 0) is 67.9 Å². The number of carbonyl (C=O) groups excluding carboxylic acids is 1. The molecule has 1 heterocycles. The molecule has 3 rings (SSSR count). The first-order chi connectivity index (χ1) is 12.5. The number of nitrogens with zero attached hydrogens (tertiary/aromatic N) is 1. The van der Waals surface area contributed by atoms with Crippen molar-refractivity contribution in [2.75, 3.05) is 6.61 Å². The lowest BCUT2D eigenvalue weighted by Gasteiger charge is -2.06. The van der Waals surface area contributed by atoms with E-state index in [1.807, 2.05) is 32.9 Å². The molecule has 1 fully saturated rings. The monoisotopic (exact) mass is 368 g/mol. The molecule has 134 valence electrons. The number of phenolic OH excluding ortho intramolecular Hbond substituents is 1. The van der Waals surface area contributed by atoms with E-state index in [2.05, 4.69) is 16.4 Å². The first-order valence-electron chi connectivity index (χ1n) is 8.29. The van der Waals surface area contributed by atoms with Crippen LogP contribution in [0.3, 0.4) is 0 Å². The first kappa shape index (κ1) is 18.1. The van der Waals surface area contributed by atoms with Crippen LogP contribution in [0.15, 0.2) is 46.3 Å². The Morgan fingerprint density at radius 3 is 2.77 bits per heavy atom. The number of thioether (sulfide) groups is 1. The van der Waals surface area contributed by atoms with E-state index in [1.165, 1.54) is 17.3 Å². The SMILES string of the molecule is CCOc1cc(/C=C2\SC(=Nc3ccc(C)cc3C)NC2=O)ccc1O. The second-order valence-corrected chi connectivity index (χ2v) is 6.96. The zero-order valence-corrected chi connectivity index (χ0v) is 15.7. The maximum atomic E-state index is 12.2. The fourth-order valence-electron chi connectivity index (χ4n) is 2.56. The van der Waals surface area contributed by atoms with E-state index in [0.717, 1.165) is 16.8 Å². The molecule has 0 spiro atoms. The fraction of sp³-hybridized carbons (Fsp3) is 0.200. The van der Waals surface area contributed by atoms with Crippen molar-refractivity contribution in [2.45, 2.75) is 20.8 Å². The lowest BCUT2D eigenvalue weighted by molar-refractivity contribution is -0.115. The lowest BCUT2D eigenvalue weighted by atomic mass is 10.1. The molecule has 26 heavy (non-hydrogen) atoms. The van der Waals surface area contributed by atoms with Crippen molar-refractivity contribution in [3.05, 3.63) is 58.0 Å². The van der Waals surface area contributed by atoms with Crippen LogP contribution in [0, 0.1) is 13.8 Å². The van der Waals surface area contributed by atoms with Gasteiger partial charge >= 0.3 is 0 Å². The Balaban J connectivity index is 1.84. The van der Waals surface area contributed by atoms with Crippen molar-refractivity contribution < 1.29 is 14.6 Å². The molecule has 0 aliphatic carbocycles. The summed E-state index contributed by atoms with van der Waals surface area (Å²) in [7, 11) is 0. The molecule has 0 atom stereocenters. The van der Waals surface area contributed by atoms with Crippen molar-refractivity contribution in [1.82, 2.24) is 5.32 Å². The Labute approximate surface area is 156 Å². The van der Waals surface area contributed by atoms with E-state index in [4.69, 9.17) is 4.74 Å². The van der Waals surface area contributed by atoms with Gasteiger partial charge in [0.2, 0.25) is 0 Å². The van der Waals surface area contributed by atoms with Crippen molar-refractivity contribution >= 4 is 34.6 Å². The first-order valence-corrected chi connectivity index (χ1v) is 9.10. The minimum absolute atomic E-state index is 0.0784. The predicted octanol–water partition coefficient (Wildman–Crippen LogP) is 4.30. The van der Waals surface area contributed by atoms with Gasteiger partial charge in [-0.25, -0.2) is 4.99 Å². The normalized spacial score (nSPS) is 17.0. The van der Waals surface area contributed by atoms with Crippen LogP contribution in [0.2, 0.25) is 0 Å². The number of ether oxygens (including phenoxy) is 1. The van der Waals surface area contributed by atoms with Crippen molar-refractivity contribution in [2.24, 2.45) is 4.99 Å². The maximum Gasteiger partial charge on any atom is 0.264 e. The Morgan fingerprint density at radius 2 is 2.04 bits per heavy atom. The minimum atomic E-state index is -0.190. The summed E-state index contributed by atoms with van der Waals surface area (Å²) in [5.74, 6) is 0.286. The Morgan fingerprint density at radius 1 is 1.23 bits per heavy atom. The number of rotatable bonds is 4. The number of hydrogen-bond donors (Lipinski definition) is 2. The van der Waals surface area contributed by atoms with Crippen molar-refractivity contribution in [3.8, 4) is 11.5 Å². The second kappa shape index (κ2) is 7.66. The highest BCUT2D eigenvalue weighted by Gasteiger charge is 2.24. The van der Waals surface area contributed by atoms with Gasteiger partial charge in [0.25, 0.3) is 5.91 Å². The highest BCUT2D eigenvalue weighted by molar-refractivity contribution is 8.18. The summed E-state index contributed by atoms with van der Waals surface area (Å²) in [6, 6.07) is 11.0. The van der Waals surface area contributed by atoms with Crippen LogP contribution < -0.4 is 10.1 Å². The standard InChI is InChI=1S/C20H20N2O3S/c1-4-25-17-10-14(6-8-16(17)23)11-18-19(24)22-20(26-18)21-15-7-5-12(2)9-13(15)3/h5-11,23H,4H2,1-3H3,(H,21,22,24)/b18-11-. The third kappa shape index (κ3) is 4.08. The summed E-state index contributed by atoms with van der Waals surface area (Å²) in [6.07, 6.45) is 1.76. The number of aliphatic imine (C=N–C) groups is 1. The molecule has 1 aliphatic rings. The molecule has 6 heteroatoms. The smallest absolute Gasteiger partial charge is 0.264 e. The third-order valence-electron chi connectivity index (χ3n) is 3.81. The van der Waals surface area contributed by atoms with Gasteiger partial charge in [-0.2, -0.15) is 0 Å². The molecule has 5 nitrogen and oxygen atoms in total.